The van der Waals surface area contributed by atoms with Crippen LogP contribution in [-0.4, -0.2) is 26.4 Å². The van der Waals surface area contributed by atoms with Crippen molar-refractivity contribution < 1.29 is 17.6 Å². The molecule has 2 aromatic carbocycles. The molecule has 8 heteroatoms. The lowest BCUT2D eigenvalue weighted by Gasteiger charge is -2.26. The molecule has 1 saturated carbocycles. The van der Waals surface area contributed by atoms with Gasteiger partial charge in [-0.1, -0.05) is 6.07 Å². The summed E-state index contributed by atoms with van der Waals surface area (Å²) in [6, 6.07) is 11.0. The van der Waals surface area contributed by atoms with Gasteiger partial charge < -0.3 is 11.1 Å². The number of hydrogen-bond acceptors (Lipinski definition) is 4. The van der Waals surface area contributed by atoms with Crippen LogP contribution in [0, 0.1) is 5.82 Å². The first kappa shape index (κ1) is 19.3. The molecule has 0 spiro atoms. The van der Waals surface area contributed by atoms with Gasteiger partial charge in [-0.15, -0.1) is 0 Å². The van der Waals surface area contributed by atoms with E-state index in [2.05, 4.69) is 10.0 Å². The van der Waals surface area contributed by atoms with E-state index in [4.69, 9.17) is 5.73 Å². The molecule has 144 valence electrons. The smallest absolute Gasteiger partial charge is 0.261 e. The second-order valence-corrected chi connectivity index (χ2v) is 8.41. The highest BCUT2D eigenvalue weighted by Gasteiger charge is 2.22. The van der Waals surface area contributed by atoms with Crippen LogP contribution in [0.25, 0.3) is 0 Å². The molecule has 27 heavy (non-hydrogen) atoms. The summed E-state index contributed by atoms with van der Waals surface area (Å²) in [6.07, 6.45) is 3.36. The Morgan fingerprint density at radius 2 is 1.70 bits per heavy atom. The molecule has 1 aliphatic rings. The third kappa shape index (κ3) is 5.05. The predicted octanol–water partition coefficient (Wildman–Crippen LogP) is 2.63. The number of benzene rings is 2. The van der Waals surface area contributed by atoms with E-state index in [0.29, 0.717) is 0 Å². The lowest BCUT2D eigenvalue weighted by atomic mass is 9.91. The maximum atomic E-state index is 13.0. The van der Waals surface area contributed by atoms with Crippen molar-refractivity contribution in [1.29, 1.82) is 0 Å². The summed E-state index contributed by atoms with van der Waals surface area (Å²) in [4.78, 5) is 12.4. The van der Waals surface area contributed by atoms with Gasteiger partial charge in [0.2, 0.25) is 0 Å². The molecule has 1 amide bonds. The summed E-state index contributed by atoms with van der Waals surface area (Å²) < 4.78 is 40.4. The Kier molecular flexibility index (Phi) is 5.76. The van der Waals surface area contributed by atoms with Gasteiger partial charge in [-0.05, 0) is 68.1 Å². The Balaban J connectivity index is 1.72. The summed E-state index contributed by atoms with van der Waals surface area (Å²) in [6.45, 7) is 0. The highest BCUT2D eigenvalue weighted by atomic mass is 32.2. The average molecular weight is 391 g/mol. The van der Waals surface area contributed by atoms with Gasteiger partial charge >= 0.3 is 0 Å². The van der Waals surface area contributed by atoms with Gasteiger partial charge in [0.25, 0.3) is 15.9 Å². The maximum Gasteiger partial charge on any atom is 0.261 e. The van der Waals surface area contributed by atoms with Crippen molar-refractivity contribution in [3.63, 3.8) is 0 Å². The van der Waals surface area contributed by atoms with E-state index in [1.54, 1.807) is 6.07 Å². The Morgan fingerprint density at radius 3 is 2.37 bits per heavy atom. The number of hydrogen-bond donors (Lipinski definition) is 3. The van der Waals surface area contributed by atoms with Crippen LogP contribution in [0.15, 0.2) is 53.4 Å². The minimum absolute atomic E-state index is 0.0369. The van der Waals surface area contributed by atoms with Crippen LogP contribution >= 0.6 is 0 Å². The Bertz CT molecular complexity index is 908. The van der Waals surface area contributed by atoms with E-state index in [1.807, 2.05) is 0 Å². The molecule has 0 saturated heterocycles. The molecule has 0 aliphatic heterocycles. The van der Waals surface area contributed by atoms with Crippen LogP contribution in [0.1, 0.15) is 36.0 Å². The number of carbonyl (C=O) groups excluding carboxylic acids is 1. The number of amides is 1. The van der Waals surface area contributed by atoms with Gasteiger partial charge in [0.15, 0.2) is 0 Å². The van der Waals surface area contributed by atoms with Crippen molar-refractivity contribution in [2.24, 2.45) is 5.73 Å². The quantitative estimate of drug-likeness (QED) is 0.729. The molecule has 0 heterocycles. The fourth-order valence-electron chi connectivity index (χ4n) is 3.07. The first-order valence-electron chi connectivity index (χ1n) is 8.78. The number of nitrogens with one attached hydrogen (secondary N) is 2. The second-order valence-electron chi connectivity index (χ2n) is 6.73. The minimum atomic E-state index is -3.89. The summed E-state index contributed by atoms with van der Waals surface area (Å²) in [7, 11) is -3.89. The van der Waals surface area contributed by atoms with Crippen LogP contribution < -0.4 is 15.8 Å². The van der Waals surface area contributed by atoms with Crippen LogP contribution in [0.5, 0.6) is 0 Å². The maximum absolute atomic E-state index is 13.0. The van der Waals surface area contributed by atoms with E-state index in [1.165, 1.54) is 30.3 Å². The molecule has 0 aromatic heterocycles. The summed E-state index contributed by atoms with van der Waals surface area (Å²) >= 11 is 0. The lowest BCUT2D eigenvalue weighted by Crippen LogP contribution is -2.40. The number of rotatable bonds is 5. The van der Waals surface area contributed by atoms with Gasteiger partial charge in [-0.3, -0.25) is 9.52 Å². The second kappa shape index (κ2) is 8.06. The van der Waals surface area contributed by atoms with Gasteiger partial charge in [0.1, 0.15) is 5.82 Å². The molecule has 6 nitrogen and oxygen atoms in total. The SMILES string of the molecule is NC1CCC(NC(=O)c2cccc(S(=O)(=O)Nc3ccc(F)cc3)c2)CC1. The molecule has 0 unspecified atom stereocenters. The molecule has 1 fully saturated rings. The fourth-order valence-corrected chi connectivity index (χ4v) is 4.17. The van der Waals surface area contributed by atoms with Crippen molar-refractivity contribution in [3.05, 3.63) is 59.9 Å². The van der Waals surface area contributed by atoms with E-state index in [0.717, 1.165) is 37.8 Å². The summed E-state index contributed by atoms with van der Waals surface area (Å²) in [5.74, 6) is -0.769. The lowest BCUT2D eigenvalue weighted by molar-refractivity contribution is 0.0925. The van der Waals surface area contributed by atoms with Crippen molar-refractivity contribution in [3.8, 4) is 0 Å². The van der Waals surface area contributed by atoms with Crippen LogP contribution in [-0.2, 0) is 10.0 Å². The molecule has 1 aliphatic carbocycles. The zero-order valence-electron chi connectivity index (χ0n) is 14.7. The van der Waals surface area contributed by atoms with Crippen LogP contribution in [0.3, 0.4) is 0 Å². The number of carbonyl (C=O) groups is 1. The first-order chi connectivity index (χ1) is 12.8. The molecule has 0 atom stereocenters. The van der Waals surface area contributed by atoms with Crippen LogP contribution in [0.2, 0.25) is 0 Å². The normalized spacial score (nSPS) is 20.1. The van der Waals surface area contributed by atoms with Gasteiger partial charge in [-0.25, -0.2) is 12.8 Å². The minimum Gasteiger partial charge on any atom is -0.349 e. The molecule has 2 aromatic rings. The molecule has 0 bridgehead atoms. The average Bonchev–Trinajstić information content (AvgIpc) is 2.65. The van der Waals surface area contributed by atoms with E-state index < -0.39 is 15.8 Å². The highest BCUT2D eigenvalue weighted by molar-refractivity contribution is 7.92. The first-order valence-corrected chi connectivity index (χ1v) is 10.3. The molecular weight excluding hydrogens is 369 g/mol. The molecule has 0 radical (unpaired) electrons. The third-order valence-electron chi connectivity index (χ3n) is 4.61. The number of halogens is 1. The highest BCUT2D eigenvalue weighted by Crippen LogP contribution is 2.20. The third-order valence-corrected chi connectivity index (χ3v) is 5.99. The zero-order chi connectivity index (χ0) is 19.4. The number of anilines is 1. The Labute approximate surface area is 158 Å². The standard InChI is InChI=1S/C19H22FN3O3S/c20-14-4-8-17(9-5-14)23-27(25,26)18-3-1-2-13(12-18)19(24)22-16-10-6-15(21)7-11-16/h1-5,8-9,12,15-16,23H,6-7,10-11,21H2,(H,22,24). The van der Waals surface area contributed by atoms with Crippen molar-refractivity contribution in [1.82, 2.24) is 5.32 Å². The van der Waals surface area contributed by atoms with Gasteiger partial charge in [0.05, 0.1) is 4.90 Å². The monoisotopic (exact) mass is 391 g/mol. The Hall–Kier alpha value is -2.45. The number of sulfonamides is 1. The van der Waals surface area contributed by atoms with E-state index >= 15 is 0 Å². The van der Waals surface area contributed by atoms with Gasteiger partial charge in [-0.2, -0.15) is 0 Å². The molecular formula is C19H22FN3O3S. The molecule has 4 N–H and O–H groups in total. The summed E-state index contributed by atoms with van der Waals surface area (Å²) in [5, 5.41) is 2.94. The Morgan fingerprint density at radius 1 is 1.04 bits per heavy atom. The van der Waals surface area contributed by atoms with E-state index in [9.17, 15) is 17.6 Å². The predicted molar refractivity (Wildman–Crippen MR) is 101 cm³/mol. The van der Waals surface area contributed by atoms with Crippen molar-refractivity contribution >= 4 is 21.6 Å². The number of nitrogens with two attached hydrogens (primary N) is 1. The van der Waals surface area contributed by atoms with Crippen molar-refractivity contribution in [2.45, 2.75) is 42.7 Å². The van der Waals surface area contributed by atoms with Crippen molar-refractivity contribution in [2.75, 3.05) is 4.72 Å². The topological polar surface area (TPSA) is 101 Å². The van der Waals surface area contributed by atoms with Gasteiger partial charge in [0, 0.05) is 23.3 Å². The van der Waals surface area contributed by atoms with E-state index in [-0.39, 0.29) is 34.1 Å². The summed E-state index contributed by atoms with van der Waals surface area (Å²) in [5.41, 5.74) is 6.38. The van der Waals surface area contributed by atoms with Crippen LogP contribution in [0.4, 0.5) is 10.1 Å². The molecule has 3 rings (SSSR count). The largest absolute Gasteiger partial charge is 0.349 e. The zero-order valence-corrected chi connectivity index (χ0v) is 15.5. The fraction of sp³-hybridized carbons (Fsp3) is 0.316.